The average molecular weight is 343 g/mol. The topological polar surface area (TPSA) is 130 Å². The smallest absolute Gasteiger partial charge is 0.423 e. The highest BCUT2D eigenvalue weighted by molar-refractivity contribution is 6.61. The molecule has 3 rings (SSSR count). The van der Waals surface area contributed by atoms with Crippen LogP contribution in [0.2, 0.25) is 0 Å². The van der Waals surface area contributed by atoms with Gasteiger partial charge in [0.15, 0.2) is 0 Å². The lowest BCUT2D eigenvalue weighted by Gasteiger charge is -2.05. The minimum absolute atomic E-state index is 0.238. The van der Waals surface area contributed by atoms with E-state index in [1.807, 2.05) is 0 Å². The Morgan fingerprint density at radius 2 is 1.84 bits per heavy atom. The van der Waals surface area contributed by atoms with Crippen molar-refractivity contribution in [2.45, 2.75) is 6.10 Å². The first kappa shape index (κ1) is 18.8. The third-order valence-corrected chi connectivity index (χ3v) is 3.62. The molecule has 0 spiro atoms. The van der Waals surface area contributed by atoms with Gasteiger partial charge in [0.2, 0.25) is 6.54 Å². The van der Waals surface area contributed by atoms with E-state index >= 15 is 0 Å². The van der Waals surface area contributed by atoms with Gasteiger partial charge < -0.3 is 19.7 Å². The third kappa shape index (κ3) is 4.74. The van der Waals surface area contributed by atoms with Gasteiger partial charge in [0.25, 0.3) is 0 Å². The first-order valence-corrected chi connectivity index (χ1v) is 7.38. The third-order valence-electron chi connectivity index (χ3n) is 3.62. The van der Waals surface area contributed by atoms with Crippen LogP contribution in [-0.2, 0) is 4.65 Å². The van der Waals surface area contributed by atoms with Crippen LogP contribution in [0.3, 0.4) is 0 Å². The van der Waals surface area contributed by atoms with Crippen LogP contribution in [0, 0.1) is 10.1 Å². The molecule has 25 heavy (non-hydrogen) atoms. The van der Waals surface area contributed by atoms with Crippen molar-refractivity contribution in [2.24, 2.45) is 0 Å². The van der Waals surface area contributed by atoms with Crippen LogP contribution in [0.4, 0.5) is 0 Å². The van der Waals surface area contributed by atoms with Crippen molar-refractivity contribution in [3.05, 3.63) is 69.8 Å². The van der Waals surface area contributed by atoms with Crippen LogP contribution in [0.5, 0.6) is 0 Å². The molecule has 0 amide bonds. The van der Waals surface area contributed by atoms with E-state index in [0.29, 0.717) is 22.9 Å². The van der Waals surface area contributed by atoms with Crippen molar-refractivity contribution in [3.63, 3.8) is 0 Å². The number of carbonyl (C=O) groups is 1. The number of nitro groups is 1. The minimum atomic E-state index is -1.57. The summed E-state index contributed by atoms with van der Waals surface area (Å²) in [6.07, 6.45) is -0.0365. The summed E-state index contributed by atoms with van der Waals surface area (Å²) in [7, 11) is -2.60. The Morgan fingerprint density at radius 1 is 1.20 bits per heavy atom. The molecule has 0 aromatic heterocycles. The van der Waals surface area contributed by atoms with Crippen LogP contribution in [-0.4, -0.2) is 47.1 Å². The molecule has 2 aromatic rings. The summed E-state index contributed by atoms with van der Waals surface area (Å²) < 4.78 is 5.06. The summed E-state index contributed by atoms with van der Waals surface area (Å²) in [6, 6.07) is 13.3. The average Bonchev–Trinajstić information content (AvgIpc) is 2.91. The Balaban J connectivity index is 0.000000186. The maximum Gasteiger partial charge on any atom is 0.492 e. The fourth-order valence-corrected chi connectivity index (χ4v) is 2.46. The molecule has 8 nitrogen and oxygen atoms in total. The van der Waals surface area contributed by atoms with Crippen LogP contribution >= 0.6 is 0 Å². The minimum Gasteiger partial charge on any atom is -0.423 e. The lowest BCUT2D eigenvalue weighted by atomic mass is 9.77. The molecule has 0 aliphatic carbocycles. The lowest BCUT2D eigenvalue weighted by Crippen LogP contribution is -2.32. The van der Waals surface area contributed by atoms with Gasteiger partial charge in [-0.05, 0) is 16.5 Å². The number of hydrogen-bond acceptors (Lipinski definition) is 7. The normalized spacial score (nSPS) is 15.0. The summed E-state index contributed by atoms with van der Waals surface area (Å²) in [4.78, 5) is 20.2. The molecular formula is C15H15B2NO7. The second-order valence-corrected chi connectivity index (χ2v) is 5.24. The van der Waals surface area contributed by atoms with E-state index in [4.69, 9.17) is 14.7 Å². The maximum absolute atomic E-state index is 10.3. The first-order valence-electron chi connectivity index (χ1n) is 7.38. The molecule has 1 atom stereocenters. The number of rotatable bonds is 4. The monoisotopic (exact) mass is 343 g/mol. The molecule has 3 N–H and O–H groups in total. The highest BCUT2D eigenvalue weighted by Crippen LogP contribution is 2.22. The molecular weight excluding hydrogens is 328 g/mol. The van der Waals surface area contributed by atoms with Crippen LogP contribution in [0.25, 0.3) is 0 Å². The standard InChI is InChI=1S/C8H8BNO4.C7H7BO3/c11-9-7-4-2-1-3-6(7)8(14-9)5-10(12)13;9-5-6-3-1-2-4-7(6)8(10)11/h1-4,8,11H,5H2;1-5,10-11H. The van der Waals surface area contributed by atoms with E-state index in [9.17, 15) is 19.9 Å². The molecule has 10 heteroatoms. The molecule has 1 aliphatic rings. The predicted octanol–water partition coefficient (Wildman–Crippen LogP) is -1.10. The van der Waals surface area contributed by atoms with Gasteiger partial charge in [0, 0.05) is 10.5 Å². The highest BCUT2D eigenvalue weighted by Gasteiger charge is 2.37. The highest BCUT2D eigenvalue weighted by atomic mass is 16.6. The summed E-state index contributed by atoms with van der Waals surface area (Å²) in [5, 5.41) is 37.2. The van der Waals surface area contributed by atoms with Gasteiger partial charge in [-0.25, -0.2) is 0 Å². The van der Waals surface area contributed by atoms with E-state index < -0.39 is 25.3 Å². The van der Waals surface area contributed by atoms with Crippen molar-refractivity contribution in [1.29, 1.82) is 0 Å². The SMILES string of the molecule is O=Cc1ccccc1B(O)O.O=[N+]([O-])CC1OB(O)c2ccccc21. The van der Waals surface area contributed by atoms with Gasteiger partial charge in [-0.2, -0.15) is 0 Å². The fourth-order valence-electron chi connectivity index (χ4n) is 2.46. The Bertz CT molecular complexity index is 756. The van der Waals surface area contributed by atoms with E-state index in [1.165, 1.54) is 12.1 Å². The zero-order chi connectivity index (χ0) is 18.4. The van der Waals surface area contributed by atoms with E-state index in [1.54, 1.807) is 36.4 Å². The number of carbonyl (C=O) groups excluding carboxylic acids is 1. The van der Waals surface area contributed by atoms with E-state index in [-0.39, 0.29) is 12.0 Å². The lowest BCUT2D eigenvalue weighted by molar-refractivity contribution is -0.490. The molecule has 0 radical (unpaired) electrons. The number of benzene rings is 2. The molecule has 1 unspecified atom stereocenters. The second-order valence-electron chi connectivity index (χ2n) is 5.24. The van der Waals surface area contributed by atoms with Gasteiger partial charge in [-0.15, -0.1) is 0 Å². The van der Waals surface area contributed by atoms with E-state index in [2.05, 4.69) is 0 Å². The Labute approximate surface area is 144 Å². The van der Waals surface area contributed by atoms with Gasteiger partial charge in [0.05, 0.1) is 0 Å². The Hall–Kier alpha value is -2.52. The molecule has 1 heterocycles. The number of nitrogens with zero attached hydrogens (tertiary/aromatic N) is 1. The largest absolute Gasteiger partial charge is 0.492 e. The van der Waals surface area contributed by atoms with Gasteiger partial charge in [-0.3, -0.25) is 14.9 Å². The molecule has 0 saturated carbocycles. The maximum atomic E-state index is 10.3. The molecule has 2 aromatic carbocycles. The first-order chi connectivity index (χ1) is 11.9. The number of aldehydes is 1. The summed E-state index contributed by atoms with van der Waals surface area (Å²) in [5.41, 5.74) is 1.88. The molecule has 0 saturated heterocycles. The van der Waals surface area contributed by atoms with Crippen molar-refractivity contribution in [1.82, 2.24) is 0 Å². The summed E-state index contributed by atoms with van der Waals surface area (Å²) in [5.74, 6) is 0. The predicted molar refractivity (Wildman–Crippen MR) is 91.4 cm³/mol. The van der Waals surface area contributed by atoms with Crippen LogP contribution in [0.15, 0.2) is 48.5 Å². The second kappa shape index (κ2) is 8.54. The van der Waals surface area contributed by atoms with Crippen molar-refractivity contribution in [3.8, 4) is 0 Å². The van der Waals surface area contributed by atoms with Crippen LogP contribution < -0.4 is 10.9 Å². The summed E-state index contributed by atoms with van der Waals surface area (Å²) >= 11 is 0. The quantitative estimate of drug-likeness (QED) is 0.278. The van der Waals surface area contributed by atoms with Crippen molar-refractivity contribution >= 4 is 31.4 Å². The fraction of sp³-hybridized carbons (Fsp3) is 0.133. The van der Waals surface area contributed by atoms with Gasteiger partial charge >= 0.3 is 14.2 Å². The van der Waals surface area contributed by atoms with Gasteiger partial charge in [0.1, 0.15) is 12.4 Å². The zero-order valence-electron chi connectivity index (χ0n) is 13.1. The molecule has 1 aliphatic heterocycles. The molecule has 0 bridgehead atoms. The Morgan fingerprint density at radius 3 is 2.44 bits per heavy atom. The molecule has 0 fully saturated rings. The van der Waals surface area contributed by atoms with Crippen molar-refractivity contribution in [2.75, 3.05) is 6.54 Å². The van der Waals surface area contributed by atoms with Crippen LogP contribution in [0.1, 0.15) is 22.0 Å². The van der Waals surface area contributed by atoms with Crippen molar-refractivity contribution < 1.29 is 29.4 Å². The Kier molecular flexibility index (Phi) is 6.43. The van der Waals surface area contributed by atoms with Gasteiger partial charge in [-0.1, -0.05) is 48.5 Å². The number of hydrogen-bond donors (Lipinski definition) is 3. The summed E-state index contributed by atoms with van der Waals surface area (Å²) in [6.45, 7) is -0.311. The number of fused-ring (bicyclic) bond motifs is 1. The van der Waals surface area contributed by atoms with E-state index in [0.717, 1.165) is 0 Å². The zero-order valence-corrected chi connectivity index (χ0v) is 13.1. The molecule has 128 valence electrons.